The summed E-state index contributed by atoms with van der Waals surface area (Å²) in [5, 5.41) is 0. The Labute approximate surface area is 209 Å². The fraction of sp³-hybridized carbons (Fsp3) is 0.467. The predicted octanol–water partition coefficient (Wildman–Crippen LogP) is 7.14. The molecule has 0 radical (unpaired) electrons. The second-order valence-electron chi connectivity index (χ2n) is 9.33. The summed E-state index contributed by atoms with van der Waals surface area (Å²) < 4.78 is 15.7. The van der Waals surface area contributed by atoms with Gasteiger partial charge in [0, 0.05) is 12.5 Å². The Morgan fingerprint density at radius 2 is 1.63 bits per heavy atom. The lowest BCUT2D eigenvalue weighted by Gasteiger charge is -2.29. The summed E-state index contributed by atoms with van der Waals surface area (Å²) >= 11 is 0. The minimum absolute atomic E-state index is 0.171. The highest BCUT2D eigenvalue weighted by molar-refractivity contribution is 5.81. The van der Waals surface area contributed by atoms with E-state index in [0.29, 0.717) is 30.3 Å². The van der Waals surface area contributed by atoms with E-state index in [1.54, 1.807) is 12.1 Å². The predicted molar refractivity (Wildman–Crippen MR) is 137 cm³/mol. The van der Waals surface area contributed by atoms with Crippen molar-refractivity contribution in [3.8, 4) is 11.5 Å². The minimum atomic E-state index is -0.532. The highest BCUT2D eigenvalue weighted by Crippen LogP contribution is 2.38. The normalized spacial score (nSPS) is 17.4. The number of aryl methyl sites for hydroxylation is 1. The molecule has 5 nitrogen and oxygen atoms in total. The van der Waals surface area contributed by atoms with E-state index in [4.69, 9.17) is 14.2 Å². The second-order valence-corrected chi connectivity index (χ2v) is 9.33. The van der Waals surface area contributed by atoms with Crippen LogP contribution in [-0.2, 0) is 20.7 Å². The van der Waals surface area contributed by atoms with Crippen molar-refractivity contribution < 1.29 is 23.8 Å². The number of unbranched alkanes of at least 4 members (excludes halogenated alkanes) is 2. The summed E-state index contributed by atoms with van der Waals surface area (Å²) in [6, 6.07) is 15.4. The molecule has 0 saturated heterocycles. The van der Waals surface area contributed by atoms with E-state index >= 15 is 0 Å². The largest absolute Gasteiger partial charge is 0.457 e. The summed E-state index contributed by atoms with van der Waals surface area (Å²) in [4.78, 5) is 23.3. The van der Waals surface area contributed by atoms with Crippen LogP contribution in [0.15, 0.2) is 61.2 Å². The smallest absolute Gasteiger partial charge is 0.333 e. The first-order valence-corrected chi connectivity index (χ1v) is 12.9. The van der Waals surface area contributed by atoms with Gasteiger partial charge in [-0.2, -0.15) is 0 Å². The summed E-state index contributed by atoms with van der Waals surface area (Å²) in [6.07, 6.45) is 12.6. The van der Waals surface area contributed by atoms with Gasteiger partial charge in [-0.05, 0) is 79.3 Å². The Balaban J connectivity index is 1.37. The zero-order chi connectivity index (χ0) is 24.9. The van der Waals surface area contributed by atoms with Gasteiger partial charge in [0.25, 0.3) is 0 Å². The van der Waals surface area contributed by atoms with Crippen molar-refractivity contribution in [2.24, 2.45) is 5.92 Å². The Morgan fingerprint density at radius 3 is 2.29 bits per heavy atom. The van der Waals surface area contributed by atoms with E-state index in [-0.39, 0.29) is 12.8 Å². The molecule has 0 atom stereocenters. The molecule has 0 heterocycles. The van der Waals surface area contributed by atoms with Crippen LogP contribution in [0.2, 0.25) is 0 Å². The van der Waals surface area contributed by atoms with E-state index < -0.39 is 5.97 Å². The zero-order valence-electron chi connectivity index (χ0n) is 20.9. The summed E-state index contributed by atoms with van der Waals surface area (Å²) in [7, 11) is 0. The van der Waals surface area contributed by atoms with Gasteiger partial charge in [0.2, 0.25) is 6.79 Å². The van der Waals surface area contributed by atoms with Gasteiger partial charge in [0.05, 0.1) is 0 Å². The van der Waals surface area contributed by atoms with E-state index in [1.807, 2.05) is 24.3 Å². The molecule has 2 aromatic carbocycles. The Kier molecular flexibility index (Phi) is 10.9. The quantitative estimate of drug-likeness (QED) is 0.101. The van der Waals surface area contributed by atoms with Crippen molar-refractivity contribution in [2.75, 3.05) is 6.79 Å². The number of rotatable bonds is 13. The maximum absolute atomic E-state index is 12.3. The van der Waals surface area contributed by atoms with Crippen molar-refractivity contribution in [2.45, 2.75) is 77.0 Å². The molecule has 0 unspecified atom stereocenters. The highest BCUT2D eigenvalue weighted by Gasteiger charge is 2.22. The lowest BCUT2D eigenvalue weighted by Crippen LogP contribution is -2.13. The molecular weight excluding hydrogens is 440 g/mol. The molecule has 1 saturated carbocycles. The van der Waals surface area contributed by atoms with Crippen LogP contribution < -0.4 is 9.47 Å². The number of hydrogen-bond donors (Lipinski definition) is 0. The van der Waals surface area contributed by atoms with Crippen LogP contribution >= 0.6 is 0 Å². The summed E-state index contributed by atoms with van der Waals surface area (Å²) in [5.41, 5.74) is 2.36. The molecule has 0 amide bonds. The molecule has 0 spiro atoms. The molecule has 35 heavy (non-hydrogen) atoms. The van der Waals surface area contributed by atoms with Crippen LogP contribution in [0.4, 0.5) is 0 Å². The molecule has 0 N–H and O–H groups in total. The molecule has 5 heteroatoms. The molecule has 1 fully saturated rings. The van der Waals surface area contributed by atoms with Gasteiger partial charge in [-0.1, -0.05) is 63.5 Å². The highest BCUT2D eigenvalue weighted by atomic mass is 16.7. The van der Waals surface area contributed by atoms with Crippen molar-refractivity contribution >= 4 is 11.9 Å². The van der Waals surface area contributed by atoms with Crippen molar-refractivity contribution in [1.82, 2.24) is 0 Å². The SMILES string of the molecule is C=CC(=O)OCOc1ccc(CCC(=O)Oc2ccc(C3CCC(CCCCC)CC3)cc2)cc1. The summed E-state index contributed by atoms with van der Waals surface area (Å²) in [5.74, 6) is 1.94. The van der Waals surface area contributed by atoms with Crippen molar-refractivity contribution in [1.29, 1.82) is 0 Å². The third-order valence-corrected chi connectivity index (χ3v) is 6.78. The number of ether oxygens (including phenoxy) is 3. The Morgan fingerprint density at radius 1 is 0.943 bits per heavy atom. The average molecular weight is 479 g/mol. The standard InChI is InChI=1S/C30H38O5/c1-3-5-6-7-23-8-13-25(14-9-23)26-15-19-28(20-16-26)35-30(32)21-12-24-10-17-27(18-11-24)33-22-34-29(31)4-2/h4,10-11,15-20,23,25H,2-3,5-9,12-14,21-22H2,1H3. The fourth-order valence-corrected chi connectivity index (χ4v) is 4.67. The molecule has 0 aliphatic heterocycles. The number of benzene rings is 2. The van der Waals surface area contributed by atoms with E-state index in [1.165, 1.54) is 56.9 Å². The van der Waals surface area contributed by atoms with Gasteiger partial charge >= 0.3 is 11.9 Å². The number of esters is 2. The average Bonchev–Trinajstić information content (AvgIpc) is 2.89. The monoisotopic (exact) mass is 478 g/mol. The first-order chi connectivity index (χ1) is 17.1. The Hall–Kier alpha value is -3.08. The van der Waals surface area contributed by atoms with Crippen LogP contribution in [0.3, 0.4) is 0 Å². The van der Waals surface area contributed by atoms with E-state index in [0.717, 1.165) is 17.6 Å². The first kappa shape index (κ1) is 26.5. The van der Waals surface area contributed by atoms with Gasteiger partial charge in [0.15, 0.2) is 0 Å². The second kappa shape index (κ2) is 14.3. The zero-order valence-corrected chi connectivity index (χ0v) is 20.9. The fourth-order valence-electron chi connectivity index (χ4n) is 4.67. The van der Waals surface area contributed by atoms with Crippen molar-refractivity contribution in [3.63, 3.8) is 0 Å². The lowest BCUT2D eigenvalue weighted by molar-refractivity contribution is -0.144. The van der Waals surface area contributed by atoms with Gasteiger partial charge < -0.3 is 14.2 Å². The maximum atomic E-state index is 12.3. The molecule has 1 aliphatic carbocycles. The van der Waals surface area contributed by atoms with Gasteiger partial charge in [-0.15, -0.1) is 0 Å². The van der Waals surface area contributed by atoms with E-state index in [2.05, 4.69) is 25.6 Å². The molecule has 2 aromatic rings. The maximum Gasteiger partial charge on any atom is 0.333 e. The van der Waals surface area contributed by atoms with E-state index in [9.17, 15) is 9.59 Å². The van der Waals surface area contributed by atoms with Crippen LogP contribution in [-0.4, -0.2) is 18.7 Å². The van der Waals surface area contributed by atoms with Crippen LogP contribution in [0, 0.1) is 5.92 Å². The topological polar surface area (TPSA) is 61.8 Å². The third-order valence-electron chi connectivity index (χ3n) is 6.78. The molecule has 3 rings (SSSR count). The molecule has 1 aliphatic rings. The van der Waals surface area contributed by atoms with Crippen molar-refractivity contribution in [3.05, 3.63) is 72.3 Å². The molecular formula is C30H38O5. The molecule has 0 aromatic heterocycles. The first-order valence-electron chi connectivity index (χ1n) is 12.9. The van der Waals surface area contributed by atoms with Gasteiger partial charge in [-0.3, -0.25) is 4.79 Å². The third kappa shape index (κ3) is 9.23. The molecule has 188 valence electrons. The Bertz CT molecular complexity index is 924. The number of carbonyl (C=O) groups is 2. The van der Waals surface area contributed by atoms with Crippen LogP contribution in [0.1, 0.15) is 81.8 Å². The minimum Gasteiger partial charge on any atom is -0.457 e. The van der Waals surface area contributed by atoms with Crippen LogP contribution in [0.25, 0.3) is 0 Å². The van der Waals surface area contributed by atoms with Gasteiger partial charge in [0.1, 0.15) is 11.5 Å². The van der Waals surface area contributed by atoms with Gasteiger partial charge in [-0.25, -0.2) is 4.79 Å². The molecule has 0 bridgehead atoms. The van der Waals surface area contributed by atoms with Crippen LogP contribution in [0.5, 0.6) is 11.5 Å². The summed E-state index contributed by atoms with van der Waals surface area (Å²) in [6.45, 7) is 5.42. The number of hydrogen-bond acceptors (Lipinski definition) is 5. The lowest BCUT2D eigenvalue weighted by atomic mass is 9.77. The number of carbonyl (C=O) groups excluding carboxylic acids is 2.